The van der Waals surface area contributed by atoms with Crippen LogP contribution in [-0.4, -0.2) is 53.5 Å². The fourth-order valence-corrected chi connectivity index (χ4v) is 7.54. The van der Waals surface area contributed by atoms with Gasteiger partial charge >= 0.3 is 0 Å². The summed E-state index contributed by atoms with van der Waals surface area (Å²) in [6, 6.07) is 18.1. The highest BCUT2D eigenvalue weighted by Crippen LogP contribution is 2.43. The second-order valence-electron chi connectivity index (χ2n) is 13.1. The summed E-state index contributed by atoms with van der Waals surface area (Å²) in [6.45, 7) is 1.67. The summed E-state index contributed by atoms with van der Waals surface area (Å²) in [4.78, 5) is 40.8. The second-order valence-corrected chi connectivity index (χ2v) is 13.8. The lowest BCUT2D eigenvalue weighted by Gasteiger charge is -2.17. The van der Waals surface area contributed by atoms with Crippen LogP contribution >= 0.6 is 23.2 Å². The number of amides is 2. The maximum atomic E-state index is 15.6. The average molecular weight is 744 g/mol. The molecule has 0 unspecified atom stereocenters. The number of hydrogen-bond donors (Lipinski definition) is 4. The zero-order valence-electron chi connectivity index (χ0n) is 28.4. The number of rotatable bonds is 12. The molecule has 2 saturated heterocycles. The number of fused-ring (bicyclic) bond motifs is 1. The van der Waals surface area contributed by atoms with E-state index in [4.69, 9.17) is 27.9 Å². The van der Waals surface area contributed by atoms with Crippen LogP contribution in [0.5, 0.6) is 5.75 Å². The Morgan fingerprint density at radius 1 is 0.827 bits per heavy atom. The summed E-state index contributed by atoms with van der Waals surface area (Å²) in [7, 11) is 1.50. The van der Waals surface area contributed by atoms with E-state index in [1.54, 1.807) is 18.5 Å². The van der Waals surface area contributed by atoms with Gasteiger partial charge in [-0.25, -0.2) is 9.37 Å². The van der Waals surface area contributed by atoms with Crippen molar-refractivity contribution in [1.29, 1.82) is 0 Å². The minimum absolute atomic E-state index is 0.0243. The number of aromatic nitrogens is 2. The number of hydrogen-bond acceptors (Lipinski definition) is 7. The van der Waals surface area contributed by atoms with Gasteiger partial charge in [0.05, 0.1) is 17.2 Å². The van der Waals surface area contributed by atoms with E-state index in [2.05, 4.69) is 26.3 Å². The molecule has 4 heterocycles. The SMILES string of the molecule is COc1cc(-c2cccc(-c3cccc(-c4ccn5c(=O)c(CNC[C@@H]6CCC(=O)N6)cnc5c4)c3Cl)c2Cl)cc(F)c1CNC[C@H]1CCC(=O)N1. The van der Waals surface area contributed by atoms with Gasteiger partial charge in [0.25, 0.3) is 5.56 Å². The van der Waals surface area contributed by atoms with E-state index < -0.39 is 5.82 Å². The first-order valence-electron chi connectivity index (χ1n) is 17.1. The Hall–Kier alpha value is -4.81. The fraction of sp³-hybridized carbons (Fsp3) is 0.282. The van der Waals surface area contributed by atoms with Crippen LogP contribution in [0.3, 0.4) is 0 Å². The third-order valence-corrected chi connectivity index (χ3v) is 10.4. The van der Waals surface area contributed by atoms with Gasteiger partial charge in [0.15, 0.2) is 0 Å². The minimum Gasteiger partial charge on any atom is -0.496 e. The summed E-state index contributed by atoms with van der Waals surface area (Å²) in [5.74, 6) is 0.0231. The summed E-state index contributed by atoms with van der Waals surface area (Å²) in [6.07, 6.45) is 5.81. The Morgan fingerprint density at radius 3 is 2.02 bits per heavy atom. The zero-order chi connectivity index (χ0) is 36.4. The maximum Gasteiger partial charge on any atom is 0.262 e. The lowest BCUT2D eigenvalue weighted by Crippen LogP contribution is -2.36. The highest BCUT2D eigenvalue weighted by Gasteiger charge is 2.23. The highest BCUT2D eigenvalue weighted by molar-refractivity contribution is 6.39. The van der Waals surface area contributed by atoms with Crippen LogP contribution in [0.1, 0.15) is 36.8 Å². The number of carbonyl (C=O) groups is 2. The van der Waals surface area contributed by atoms with E-state index in [1.165, 1.54) is 17.6 Å². The summed E-state index contributed by atoms with van der Waals surface area (Å²) in [5.41, 5.74) is 5.18. The first-order chi connectivity index (χ1) is 25.2. The molecule has 2 aliphatic heterocycles. The lowest BCUT2D eigenvalue weighted by atomic mass is 9.95. The van der Waals surface area contributed by atoms with Gasteiger partial charge in [-0.1, -0.05) is 59.6 Å². The van der Waals surface area contributed by atoms with Crippen molar-refractivity contribution >= 4 is 40.7 Å². The topological polar surface area (TPSA) is 126 Å². The van der Waals surface area contributed by atoms with Crippen LogP contribution in [0.15, 0.2) is 77.9 Å². The van der Waals surface area contributed by atoms with E-state index in [9.17, 15) is 14.4 Å². The van der Waals surface area contributed by atoms with E-state index in [0.717, 1.165) is 24.0 Å². The predicted octanol–water partition coefficient (Wildman–Crippen LogP) is 5.89. The number of carbonyl (C=O) groups excluding carboxylic acids is 2. The van der Waals surface area contributed by atoms with E-state index in [0.29, 0.717) is 87.3 Å². The number of benzene rings is 3. The second kappa shape index (κ2) is 15.4. The van der Waals surface area contributed by atoms with Crippen molar-refractivity contribution in [2.75, 3.05) is 20.2 Å². The molecule has 2 aromatic heterocycles. The molecule has 4 N–H and O–H groups in total. The Bertz CT molecular complexity index is 2250. The van der Waals surface area contributed by atoms with Gasteiger partial charge in [0, 0.05) is 96.9 Å². The monoisotopic (exact) mass is 742 g/mol. The summed E-state index contributed by atoms with van der Waals surface area (Å²) < 4.78 is 22.7. The lowest BCUT2D eigenvalue weighted by molar-refractivity contribution is -0.120. The fourth-order valence-electron chi connectivity index (χ4n) is 6.86. The standard InChI is InChI=1S/C39H37Cl2FN6O4/c1-52-33-15-23(14-32(42)31(33)21-44-20-26-9-11-36(50)47-26)28-5-3-7-30(38(28)41)29-6-2-4-27(37(29)40)22-12-13-48-34(16-22)45-18-24(39(48)51)17-43-19-25-8-10-35(49)46-25/h2-7,12-16,18,25-26,43-44H,8-11,17,19-21H2,1H3,(H,46,49)(H,47,50)/t25-,26+/m0/s1. The number of ether oxygens (including phenoxy) is 1. The smallest absolute Gasteiger partial charge is 0.262 e. The van der Waals surface area contributed by atoms with Crippen LogP contribution in [0.2, 0.25) is 10.0 Å². The number of pyridine rings is 1. The van der Waals surface area contributed by atoms with Gasteiger partial charge < -0.3 is 26.0 Å². The van der Waals surface area contributed by atoms with Crippen molar-refractivity contribution in [1.82, 2.24) is 30.7 Å². The van der Waals surface area contributed by atoms with Crippen molar-refractivity contribution in [3.63, 3.8) is 0 Å². The quantitative estimate of drug-likeness (QED) is 0.126. The molecule has 13 heteroatoms. The minimum atomic E-state index is -0.440. The number of halogens is 3. The van der Waals surface area contributed by atoms with Crippen LogP contribution < -0.4 is 31.6 Å². The molecule has 0 bridgehead atoms. The Morgan fingerprint density at radius 2 is 1.42 bits per heavy atom. The predicted molar refractivity (Wildman–Crippen MR) is 200 cm³/mol. The Labute approximate surface area is 309 Å². The van der Waals surface area contributed by atoms with Crippen LogP contribution in [0, 0.1) is 5.82 Å². The highest BCUT2D eigenvalue weighted by atomic mass is 35.5. The van der Waals surface area contributed by atoms with Crippen LogP contribution in [-0.2, 0) is 22.7 Å². The van der Waals surface area contributed by atoms with Gasteiger partial charge in [-0.05, 0) is 48.2 Å². The molecule has 0 spiro atoms. The molecule has 2 atom stereocenters. The summed E-state index contributed by atoms with van der Waals surface area (Å²) in [5, 5.41) is 13.1. The molecule has 2 amide bonds. The van der Waals surface area contributed by atoms with Gasteiger partial charge in [-0.2, -0.15) is 0 Å². The van der Waals surface area contributed by atoms with E-state index >= 15 is 4.39 Å². The molecule has 2 aliphatic rings. The molecule has 0 saturated carbocycles. The normalized spacial score (nSPS) is 17.1. The third kappa shape index (κ3) is 7.40. The summed E-state index contributed by atoms with van der Waals surface area (Å²) >= 11 is 14.1. The Balaban J connectivity index is 1.12. The molecule has 2 fully saturated rings. The molecular formula is C39H37Cl2FN6O4. The van der Waals surface area contributed by atoms with Crippen molar-refractivity contribution < 1.29 is 18.7 Å². The van der Waals surface area contributed by atoms with Gasteiger partial charge in [-0.15, -0.1) is 0 Å². The first-order valence-corrected chi connectivity index (χ1v) is 17.9. The third-order valence-electron chi connectivity index (χ3n) is 9.63. The molecule has 5 aromatic rings. The van der Waals surface area contributed by atoms with Gasteiger partial charge in [-0.3, -0.25) is 18.8 Å². The number of methoxy groups -OCH3 is 1. The largest absolute Gasteiger partial charge is 0.496 e. The zero-order valence-corrected chi connectivity index (χ0v) is 29.9. The van der Waals surface area contributed by atoms with Gasteiger partial charge in [0.1, 0.15) is 17.2 Å². The molecule has 0 aliphatic carbocycles. The molecule has 268 valence electrons. The number of nitrogens with one attached hydrogen (secondary N) is 4. The van der Waals surface area contributed by atoms with Crippen molar-refractivity contribution in [3.8, 4) is 39.1 Å². The van der Waals surface area contributed by atoms with Gasteiger partial charge in [0.2, 0.25) is 11.8 Å². The van der Waals surface area contributed by atoms with Crippen LogP contribution in [0.4, 0.5) is 4.39 Å². The molecule has 52 heavy (non-hydrogen) atoms. The Kier molecular flexibility index (Phi) is 10.6. The average Bonchev–Trinajstić information content (AvgIpc) is 3.76. The van der Waals surface area contributed by atoms with Crippen LogP contribution in [0.25, 0.3) is 39.0 Å². The van der Waals surface area contributed by atoms with Crippen molar-refractivity contribution in [2.24, 2.45) is 0 Å². The maximum absolute atomic E-state index is 15.6. The van der Waals surface area contributed by atoms with Crippen molar-refractivity contribution in [3.05, 3.63) is 110 Å². The molecule has 3 aromatic carbocycles. The molecule has 7 rings (SSSR count). The molecule has 10 nitrogen and oxygen atoms in total. The van der Waals surface area contributed by atoms with E-state index in [1.807, 2.05) is 48.5 Å². The number of nitrogens with zero attached hydrogens (tertiary/aromatic N) is 2. The molecular weight excluding hydrogens is 706 g/mol. The van der Waals surface area contributed by atoms with Crippen molar-refractivity contribution in [2.45, 2.75) is 50.9 Å². The first kappa shape index (κ1) is 35.6. The van der Waals surface area contributed by atoms with E-state index in [-0.39, 0.29) is 36.0 Å². The molecule has 0 radical (unpaired) electrons.